The summed E-state index contributed by atoms with van der Waals surface area (Å²) in [5.41, 5.74) is -4.31. The molecule has 0 aromatic rings. The molecule has 4 nitrogen and oxygen atoms in total. The Kier molecular flexibility index (Phi) is 4.92. The average molecular weight is 374 g/mol. The largest absolute Gasteiger partial charge is 0.452 e. The number of carbonyl (C=O) groups excluding carboxylic acids is 1. The molecule has 146 valence electrons. The van der Waals surface area contributed by atoms with Crippen molar-refractivity contribution in [2.45, 2.75) is 76.4 Å². The van der Waals surface area contributed by atoms with Gasteiger partial charge in [0.05, 0.1) is 12.5 Å². The second-order valence-electron chi connectivity index (χ2n) is 7.26. The van der Waals surface area contributed by atoms with E-state index in [4.69, 9.17) is 4.74 Å². The minimum absolute atomic E-state index is 0.126. The fourth-order valence-corrected chi connectivity index (χ4v) is 3.70. The van der Waals surface area contributed by atoms with Crippen molar-refractivity contribution in [1.29, 1.82) is 0 Å². The molecule has 2 aliphatic rings. The summed E-state index contributed by atoms with van der Waals surface area (Å²) in [7, 11) is 0. The summed E-state index contributed by atoms with van der Waals surface area (Å²) in [6, 6.07) is 0. The third-order valence-corrected chi connectivity index (χ3v) is 5.86. The van der Waals surface area contributed by atoms with Crippen LogP contribution in [0.4, 0.5) is 22.0 Å². The Labute approximate surface area is 142 Å². The van der Waals surface area contributed by atoms with Gasteiger partial charge in [-0.15, -0.1) is 0 Å². The van der Waals surface area contributed by atoms with Gasteiger partial charge < -0.3 is 14.6 Å². The second-order valence-corrected chi connectivity index (χ2v) is 7.26. The van der Waals surface area contributed by atoms with Gasteiger partial charge in [-0.1, -0.05) is 26.7 Å². The van der Waals surface area contributed by atoms with Crippen molar-refractivity contribution in [3.8, 4) is 0 Å². The summed E-state index contributed by atoms with van der Waals surface area (Å²) >= 11 is 0. The van der Waals surface area contributed by atoms with E-state index in [-0.39, 0.29) is 19.3 Å². The molecule has 1 aliphatic carbocycles. The Morgan fingerprint density at radius 3 is 2.24 bits per heavy atom. The number of rotatable bonds is 3. The van der Waals surface area contributed by atoms with E-state index in [1.54, 1.807) is 6.92 Å². The van der Waals surface area contributed by atoms with E-state index in [9.17, 15) is 23.1 Å². The zero-order valence-electron chi connectivity index (χ0n) is 14.4. The quantitative estimate of drug-likeness (QED) is 0.603. The third-order valence-electron chi connectivity index (χ3n) is 5.86. The molecule has 1 saturated heterocycles. The van der Waals surface area contributed by atoms with Gasteiger partial charge in [-0.05, 0) is 26.2 Å². The lowest BCUT2D eigenvalue weighted by molar-refractivity contribution is -0.488. The van der Waals surface area contributed by atoms with Gasteiger partial charge in [-0.2, -0.15) is 22.0 Å². The maximum absolute atomic E-state index is 15.1. The fourth-order valence-electron chi connectivity index (χ4n) is 3.70. The standard InChI is InChI=1S/C16H23F5O4/c1-4-10(2)11(22)25-12(3)13(7-5-6-8-13)9-24-15(23,14(12,17)18)16(19,20)21/h10,23H,4-9H2,1-3H3. The van der Waals surface area contributed by atoms with Crippen LogP contribution in [0.25, 0.3) is 0 Å². The Morgan fingerprint density at radius 1 is 1.28 bits per heavy atom. The van der Waals surface area contributed by atoms with Crippen molar-refractivity contribution >= 4 is 5.97 Å². The first-order valence-corrected chi connectivity index (χ1v) is 8.32. The molecule has 1 heterocycles. The van der Waals surface area contributed by atoms with Gasteiger partial charge >= 0.3 is 23.9 Å². The molecule has 2 fully saturated rings. The molecule has 0 radical (unpaired) electrons. The molecule has 0 bridgehead atoms. The Bertz CT molecular complexity index is 529. The molecule has 9 heteroatoms. The highest BCUT2D eigenvalue weighted by Gasteiger charge is 2.84. The van der Waals surface area contributed by atoms with Gasteiger partial charge in [0, 0.05) is 5.41 Å². The zero-order chi connectivity index (χ0) is 19.3. The molecule has 25 heavy (non-hydrogen) atoms. The van der Waals surface area contributed by atoms with Gasteiger partial charge in [0.1, 0.15) is 0 Å². The SMILES string of the molecule is CCC(C)C(=O)OC1(C)C2(CCCC2)COC(O)(C(F)(F)F)C1(F)F. The van der Waals surface area contributed by atoms with E-state index in [1.807, 2.05) is 0 Å². The van der Waals surface area contributed by atoms with Crippen LogP contribution in [0.1, 0.15) is 52.9 Å². The molecule has 0 aromatic carbocycles. The van der Waals surface area contributed by atoms with Crippen LogP contribution in [0.15, 0.2) is 0 Å². The topological polar surface area (TPSA) is 55.8 Å². The van der Waals surface area contributed by atoms with E-state index in [0.717, 1.165) is 6.92 Å². The van der Waals surface area contributed by atoms with Crippen LogP contribution in [-0.2, 0) is 14.3 Å². The lowest BCUT2D eigenvalue weighted by Gasteiger charge is -2.57. The maximum atomic E-state index is 15.1. The third kappa shape index (κ3) is 2.65. The first-order chi connectivity index (χ1) is 11.3. The van der Waals surface area contributed by atoms with E-state index in [2.05, 4.69) is 4.74 Å². The second kappa shape index (κ2) is 6.04. The molecule has 1 aliphatic heterocycles. The summed E-state index contributed by atoms with van der Waals surface area (Å²) in [5.74, 6) is -11.3. The first kappa shape index (κ1) is 20.4. The molecule has 0 amide bonds. The zero-order valence-corrected chi connectivity index (χ0v) is 14.4. The highest BCUT2D eigenvalue weighted by Crippen LogP contribution is 2.63. The summed E-state index contributed by atoms with van der Waals surface area (Å²) in [5, 5.41) is 9.74. The number of hydrogen-bond acceptors (Lipinski definition) is 4. The lowest BCUT2D eigenvalue weighted by atomic mass is 9.64. The normalized spacial score (nSPS) is 35.6. The van der Waals surface area contributed by atoms with Crippen molar-refractivity contribution in [3.05, 3.63) is 0 Å². The summed E-state index contributed by atoms with van der Waals surface area (Å²) in [6.07, 6.45) is -4.21. The molecule has 1 N–H and O–H groups in total. The van der Waals surface area contributed by atoms with Gasteiger partial charge in [0.2, 0.25) is 0 Å². The molecular weight excluding hydrogens is 351 g/mol. The van der Waals surface area contributed by atoms with Crippen LogP contribution in [-0.4, -0.2) is 41.2 Å². The first-order valence-electron chi connectivity index (χ1n) is 8.32. The van der Waals surface area contributed by atoms with Crippen molar-refractivity contribution in [3.63, 3.8) is 0 Å². The fraction of sp³-hybridized carbons (Fsp3) is 0.938. The summed E-state index contributed by atoms with van der Waals surface area (Å²) in [4.78, 5) is 12.2. The van der Waals surface area contributed by atoms with Gasteiger partial charge in [-0.25, -0.2) is 0 Å². The van der Waals surface area contributed by atoms with Gasteiger partial charge in [0.15, 0.2) is 5.60 Å². The van der Waals surface area contributed by atoms with Crippen LogP contribution in [0.5, 0.6) is 0 Å². The minimum atomic E-state index is -5.75. The number of carbonyl (C=O) groups is 1. The molecule has 1 spiro atoms. The predicted molar refractivity (Wildman–Crippen MR) is 76.8 cm³/mol. The molecule has 3 unspecified atom stereocenters. The number of halogens is 5. The minimum Gasteiger partial charge on any atom is -0.452 e. The molecular formula is C16H23F5O4. The highest BCUT2D eigenvalue weighted by atomic mass is 19.4. The Balaban J connectivity index is 2.55. The lowest BCUT2D eigenvalue weighted by Crippen LogP contribution is -2.78. The average Bonchev–Trinajstić information content (AvgIpc) is 2.99. The van der Waals surface area contributed by atoms with Gasteiger partial charge in [0.25, 0.3) is 0 Å². The van der Waals surface area contributed by atoms with E-state index < -0.39 is 47.4 Å². The number of esters is 1. The monoisotopic (exact) mass is 374 g/mol. The Morgan fingerprint density at radius 2 is 1.80 bits per heavy atom. The van der Waals surface area contributed by atoms with E-state index >= 15 is 8.78 Å². The van der Waals surface area contributed by atoms with Crippen molar-refractivity contribution in [2.24, 2.45) is 11.3 Å². The number of alkyl halides is 5. The molecule has 2 rings (SSSR count). The van der Waals surface area contributed by atoms with E-state index in [1.165, 1.54) is 6.92 Å². The van der Waals surface area contributed by atoms with Crippen molar-refractivity contribution < 1.29 is 41.3 Å². The van der Waals surface area contributed by atoms with Crippen LogP contribution in [0.3, 0.4) is 0 Å². The highest BCUT2D eigenvalue weighted by molar-refractivity contribution is 5.72. The van der Waals surface area contributed by atoms with Crippen LogP contribution < -0.4 is 0 Å². The van der Waals surface area contributed by atoms with E-state index in [0.29, 0.717) is 12.8 Å². The van der Waals surface area contributed by atoms with Gasteiger partial charge in [-0.3, -0.25) is 4.79 Å². The maximum Gasteiger partial charge on any atom is 0.449 e. The van der Waals surface area contributed by atoms with Crippen molar-refractivity contribution in [2.75, 3.05) is 6.61 Å². The molecule has 1 saturated carbocycles. The number of hydrogen-bond donors (Lipinski definition) is 1. The summed E-state index contributed by atoms with van der Waals surface area (Å²) < 4.78 is 79.1. The van der Waals surface area contributed by atoms with Crippen LogP contribution in [0, 0.1) is 11.3 Å². The smallest absolute Gasteiger partial charge is 0.449 e. The molecule has 3 atom stereocenters. The predicted octanol–water partition coefficient (Wildman–Crippen LogP) is 3.81. The summed E-state index contributed by atoms with van der Waals surface area (Å²) in [6.45, 7) is 3.11. The van der Waals surface area contributed by atoms with Crippen LogP contribution in [0.2, 0.25) is 0 Å². The van der Waals surface area contributed by atoms with Crippen molar-refractivity contribution in [1.82, 2.24) is 0 Å². The van der Waals surface area contributed by atoms with Crippen LogP contribution >= 0.6 is 0 Å². The number of aliphatic hydroxyl groups is 1. The Hall–Kier alpha value is -0.960. The molecule has 0 aromatic heterocycles. The number of ether oxygens (including phenoxy) is 2.